The first-order valence-electron chi connectivity index (χ1n) is 9.92. The van der Waals surface area contributed by atoms with E-state index in [2.05, 4.69) is 88.7 Å². The van der Waals surface area contributed by atoms with E-state index < -0.39 is 16.1 Å². The lowest BCUT2D eigenvalue weighted by atomic mass is 9.79. The van der Waals surface area contributed by atoms with Crippen molar-refractivity contribution in [2.75, 3.05) is 0 Å². The van der Waals surface area contributed by atoms with Crippen molar-refractivity contribution in [3.63, 3.8) is 0 Å². The summed E-state index contributed by atoms with van der Waals surface area (Å²) in [5, 5.41) is 1.59. The fraction of sp³-hybridized carbons (Fsp3) is 0.478. The summed E-state index contributed by atoms with van der Waals surface area (Å²) >= 11 is 0. The van der Waals surface area contributed by atoms with Gasteiger partial charge in [-0.3, -0.25) is 0 Å². The largest absolute Gasteiger partial charge is 0.356 e. The fourth-order valence-electron chi connectivity index (χ4n) is 5.05. The SMILES string of the molecule is Cc1ccc([Si](C)(C)C)c(C23OC2c2ccccc2CC3[Si](C)(C)C)c1. The average molecular weight is 381 g/mol. The molecule has 0 radical (unpaired) electrons. The lowest BCUT2D eigenvalue weighted by Crippen LogP contribution is -2.47. The van der Waals surface area contributed by atoms with Crippen LogP contribution in [-0.2, 0) is 16.8 Å². The van der Waals surface area contributed by atoms with Crippen LogP contribution >= 0.6 is 0 Å². The van der Waals surface area contributed by atoms with Gasteiger partial charge in [0.1, 0.15) is 11.7 Å². The van der Waals surface area contributed by atoms with Crippen molar-refractivity contribution in [2.45, 2.75) is 69.9 Å². The quantitative estimate of drug-likeness (QED) is 0.486. The van der Waals surface area contributed by atoms with Gasteiger partial charge >= 0.3 is 0 Å². The van der Waals surface area contributed by atoms with Crippen LogP contribution in [0.5, 0.6) is 0 Å². The topological polar surface area (TPSA) is 12.5 Å². The molecule has 0 aromatic heterocycles. The van der Waals surface area contributed by atoms with Crippen molar-refractivity contribution in [1.29, 1.82) is 0 Å². The van der Waals surface area contributed by atoms with Gasteiger partial charge in [-0.15, -0.1) is 0 Å². The predicted molar refractivity (Wildman–Crippen MR) is 117 cm³/mol. The molecule has 0 N–H and O–H groups in total. The normalized spacial score (nSPS) is 27.7. The number of hydrogen-bond donors (Lipinski definition) is 0. The zero-order chi connectivity index (χ0) is 18.9. The smallest absolute Gasteiger partial charge is 0.125 e. The van der Waals surface area contributed by atoms with Crippen LogP contribution in [0.2, 0.25) is 44.8 Å². The second kappa shape index (κ2) is 5.67. The molecule has 1 fully saturated rings. The molecular weight excluding hydrogens is 348 g/mol. The van der Waals surface area contributed by atoms with Crippen molar-refractivity contribution < 1.29 is 4.74 Å². The van der Waals surface area contributed by atoms with Gasteiger partial charge in [0, 0.05) is 0 Å². The molecule has 2 aromatic rings. The summed E-state index contributed by atoms with van der Waals surface area (Å²) in [6.45, 7) is 17.2. The van der Waals surface area contributed by atoms with Gasteiger partial charge in [-0.1, -0.05) is 92.5 Å². The van der Waals surface area contributed by atoms with E-state index in [1.807, 2.05) is 0 Å². The van der Waals surface area contributed by atoms with Crippen molar-refractivity contribution in [1.82, 2.24) is 0 Å². The molecular formula is C23H32OSi2. The highest BCUT2D eigenvalue weighted by Gasteiger charge is 2.68. The molecule has 4 rings (SSSR count). The molecule has 0 saturated carbocycles. The van der Waals surface area contributed by atoms with Crippen molar-refractivity contribution in [3.8, 4) is 0 Å². The highest BCUT2D eigenvalue weighted by atomic mass is 28.3. The van der Waals surface area contributed by atoms with Crippen LogP contribution in [0.15, 0.2) is 42.5 Å². The van der Waals surface area contributed by atoms with Gasteiger partial charge in [-0.2, -0.15) is 0 Å². The molecule has 138 valence electrons. The van der Waals surface area contributed by atoms with Gasteiger partial charge in [-0.25, -0.2) is 0 Å². The Balaban J connectivity index is 1.95. The van der Waals surface area contributed by atoms with E-state index >= 15 is 0 Å². The number of epoxide rings is 1. The predicted octanol–water partition coefficient (Wildman–Crippen LogP) is 5.77. The Kier molecular flexibility index (Phi) is 3.97. The molecule has 1 nitrogen and oxygen atoms in total. The zero-order valence-corrected chi connectivity index (χ0v) is 19.3. The minimum atomic E-state index is -1.45. The third kappa shape index (κ3) is 2.67. The van der Waals surface area contributed by atoms with Crippen LogP contribution in [0.4, 0.5) is 0 Å². The number of aryl methyl sites for hydroxylation is 1. The van der Waals surface area contributed by atoms with Crippen molar-refractivity contribution >= 4 is 21.3 Å². The Hall–Kier alpha value is -1.17. The molecule has 1 heterocycles. The van der Waals surface area contributed by atoms with Gasteiger partial charge in [0.25, 0.3) is 0 Å². The number of fused-ring (bicyclic) bond motifs is 3. The molecule has 1 aliphatic heterocycles. The first-order chi connectivity index (χ1) is 12.0. The summed E-state index contributed by atoms with van der Waals surface area (Å²) < 4.78 is 6.76. The number of benzene rings is 2. The van der Waals surface area contributed by atoms with Gasteiger partial charge in [0.05, 0.1) is 16.1 Å². The van der Waals surface area contributed by atoms with E-state index in [-0.39, 0.29) is 11.7 Å². The standard InChI is InChI=1S/C23H32OSi2/c1-16-12-13-20(25(2,3)4)19(14-16)23-21(26(5,6)7)15-17-10-8-9-11-18(17)22(23)24-23/h8-14,21-22H,15H2,1-7H3. The summed E-state index contributed by atoms with van der Waals surface area (Å²) in [7, 11) is -2.86. The number of rotatable bonds is 3. The monoisotopic (exact) mass is 380 g/mol. The maximum absolute atomic E-state index is 6.76. The van der Waals surface area contributed by atoms with Crippen LogP contribution < -0.4 is 5.19 Å². The summed E-state index contributed by atoms with van der Waals surface area (Å²) in [6.07, 6.45) is 1.42. The lowest BCUT2D eigenvalue weighted by Gasteiger charge is -2.40. The maximum atomic E-state index is 6.76. The third-order valence-corrected chi connectivity index (χ3v) is 11.1. The van der Waals surface area contributed by atoms with Gasteiger partial charge < -0.3 is 4.74 Å². The summed E-state index contributed by atoms with van der Waals surface area (Å²) in [4.78, 5) is 0. The van der Waals surface area contributed by atoms with Gasteiger partial charge in [0.2, 0.25) is 0 Å². The lowest BCUT2D eigenvalue weighted by molar-refractivity contribution is 0.285. The summed E-state index contributed by atoms with van der Waals surface area (Å²) in [5.41, 5.74) is 6.37. The Morgan fingerprint density at radius 3 is 2.31 bits per heavy atom. The van der Waals surface area contributed by atoms with Crippen LogP contribution in [-0.4, -0.2) is 16.1 Å². The van der Waals surface area contributed by atoms with Crippen LogP contribution in [0.25, 0.3) is 0 Å². The second-order valence-corrected chi connectivity index (χ2v) is 20.9. The second-order valence-electron chi connectivity index (χ2n) is 10.4. The van der Waals surface area contributed by atoms with Crippen molar-refractivity contribution in [2.24, 2.45) is 0 Å². The van der Waals surface area contributed by atoms with Crippen LogP contribution in [0.1, 0.15) is 28.4 Å². The zero-order valence-electron chi connectivity index (χ0n) is 17.3. The minimum absolute atomic E-state index is 0.0829. The summed E-state index contributed by atoms with van der Waals surface area (Å²) in [6, 6.07) is 16.1. The molecule has 0 spiro atoms. The molecule has 0 bridgehead atoms. The Bertz CT molecular complexity index is 859. The minimum Gasteiger partial charge on any atom is -0.356 e. The molecule has 26 heavy (non-hydrogen) atoms. The highest BCUT2D eigenvalue weighted by Crippen LogP contribution is 2.69. The molecule has 2 aromatic carbocycles. The summed E-state index contributed by atoms with van der Waals surface area (Å²) in [5.74, 6) is 0. The Morgan fingerprint density at radius 1 is 0.962 bits per heavy atom. The van der Waals surface area contributed by atoms with E-state index in [1.54, 1.807) is 5.19 Å². The van der Waals surface area contributed by atoms with E-state index in [0.29, 0.717) is 5.54 Å². The third-order valence-electron chi connectivity index (χ3n) is 6.37. The van der Waals surface area contributed by atoms with Gasteiger partial charge in [0.15, 0.2) is 0 Å². The number of ether oxygens (including phenoxy) is 1. The van der Waals surface area contributed by atoms with E-state index in [9.17, 15) is 0 Å². The Morgan fingerprint density at radius 2 is 1.65 bits per heavy atom. The average Bonchev–Trinajstić information content (AvgIpc) is 3.29. The molecule has 0 amide bonds. The molecule has 2 aliphatic rings. The van der Waals surface area contributed by atoms with E-state index in [0.717, 1.165) is 0 Å². The van der Waals surface area contributed by atoms with E-state index in [1.165, 1.54) is 28.7 Å². The first kappa shape index (κ1) is 18.2. The van der Waals surface area contributed by atoms with Gasteiger partial charge in [-0.05, 0) is 35.6 Å². The molecule has 3 heteroatoms. The Labute approximate surface area is 160 Å². The fourth-order valence-corrected chi connectivity index (χ4v) is 9.20. The maximum Gasteiger partial charge on any atom is 0.125 e. The highest BCUT2D eigenvalue weighted by molar-refractivity contribution is 6.89. The van der Waals surface area contributed by atoms with Crippen LogP contribution in [0.3, 0.4) is 0 Å². The van der Waals surface area contributed by atoms with Crippen molar-refractivity contribution in [3.05, 3.63) is 64.7 Å². The molecule has 3 atom stereocenters. The number of hydrogen-bond acceptors (Lipinski definition) is 1. The molecule has 3 unspecified atom stereocenters. The van der Waals surface area contributed by atoms with E-state index in [4.69, 9.17) is 4.74 Å². The van der Waals surface area contributed by atoms with Crippen LogP contribution in [0, 0.1) is 6.92 Å². The molecule has 1 saturated heterocycles. The molecule has 1 aliphatic carbocycles. The first-order valence-corrected chi connectivity index (χ1v) is 17.0.